The predicted molar refractivity (Wildman–Crippen MR) is 97.7 cm³/mol. The largest absolute Gasteiger partial charge is 0.475 e. The number of hydrogen-bond donors (Lipinski definition) is 1. The molecule has 26 heavy (non-hydrogen) atoms. The van der Waals surface area contributed by atoms with Crippen LogP contribution in [0.1, 0.15) is 22.0 Å². The molecule has 3 heterocycles. The number of aromatic nitrogens is 2. The Hall–Kier alpha value is -2.10. The SMILES string of the molecule is COCc1cc(N2CCN(C)CC2)nc(SCc2ccc(C(=O)O)o2)n1. The van der Waals surface area contributed by atoms with Crippen LogP contribution in [-0.4, -0.2) is 66.3 Å². The van der Waals surface area contributed by atoms with Gasteiger partial charge in [-0.15, -0.1) is 0 Å². The first-order valence-corrected chi connectivity index (χ1v) is 9.29. The first-order valence-electron chi connectivity index (χ1n) is 8.30. The third-order valence-corrected chi connectivity index (χ3v) is 4.95. The highest BCUT2D eigenvalue weighted by Crippen LogP contribution is 2.24. The van der Waals surface area contributed by atoms with Gasteiger partial charge in [0.15, 0.2) is 5.16 Å². The molecule has 0 saturated carbocycles. The van der Waals surface area contributed by atoms with Gasteiger partial charge < -0.3 is 24.1 Å². The number of nitrogens with zero attached hydrogens (tertiary/aromatic N) is 4. The number of thioether (sulfide) groups is 1. The molecule has 9 heteroatoms. The normalized spacial score (nSPS) is 15.4. The van der Waals surface area contributed by atoms with Gasteiger partial charge in [-0.1, -0.05) is 11.8 Å². The molecule has 1 aliphatic rings. The van der Waals surface area contributed by atoms with Gasteiger partial charge in [0.2, 0.25) is 5.76 Å². The lowest BCUT2D eigenvalue weighted by atomic mass is 10.3. The molecule has 1 fully saturated rings. The van der Waals surface area contributed by atoms with Gasteiger partial charge >= 0.3 is 5.97 Å². The van der Waals surface area contributed by atoms with Crippen LogP contribution in [0.2, 0.25) is 0 Å². The lowest BCUT2D eigenvalue weighted by Gasteiger charge is -2.33. The Balaban J connectivity index is 1.73. The Morgan fingerprint density at radius 3 is 2.73 bits per heavy atom. The molecule has 8 nitrogen and oxygen atoms in total. The molecule has 0 bridgehead atoms. The highest BCUT2D eigenvalue weighted by Gasteiger charge is 2.18. The molecule has 0 aromatic carbocycles. The minimum absolute atomic E-state index is 0.0622. The Labute approximate surface area is 156 Å². The molecule has 2 aromatic heterocycles. The number of methoxy groups -OCH3 is 1. The third kappa shape index (κ3) is 4.75. The van der Waals surface area contributed by atoms with E-state index >= 15 is 0 Å². The van der Waals surface area contributed by atoms with Gasteiger partial charge in [0.05, 0.1) is 18.1 Å². The van der Waals surface area contributed by atoms with Gasteiger partial charge in [0, 0.05) is 39.4 Å². The molecule has 1 aliphatic heterocycles. The van der Waals surface area contributed by atoms with Crippen LogP contribution in [0.25, 0.3) is 0 Å². The Kier molecular flexibility index (Phi) is 6.12. The highest BCUT2D eigenvalue weighted by molar-refractivity contribution is 7.98. The van der Waals surface area contributed by atoms with E-state index in [9.17, 15) is 4.79 Å². The zero-order valence-electron chi connectivity index (χ0n) is 14.8. The Morgan fingerprint density at radius 1 is 1.31 bits per heavy atom. The molecule has 2 aromatic rings. The van der Waals surface area contributed by atoms with E-state index in [0.29, 0.717) is 23.3 Å². The van der Waals surface area contributed by atoms with Gasteiger partial charge in [-0.2, -0.15) is 0 Å². The van der Waals surface area contributed by atoms with Gasteiger partial charge in [-0.3, -0.25) is 0 Å². The average molecular weight is 378 g/mol. The van der Waals surface area contributed by atoms with E-state index in [1.165, 1.54) is 17.8 Å². The second-order valence-electron chi connectivity index (χ2n) is 6.08. The number of piperazine rings is 1. The summed E-state index contributed by atoms with van der Waals surface area (Å²) >= 11 is 1.42. The fourth-order valence-corrected chi connectivity index (χ4v) is 3.42. The van der Waals surface area contributed by atoms with Gasteiger partial charge in [-0.05, 0) is 19.2 Å². The van der Waals surface area contributed by atoms with Crippen molar-refractivity contribution in [2.45, 2.75) is 17.5 Å². The number of carboxylic acid groups (broad SMARTS) is 1. The lowest BCUT2D eigenvalue weighted by molar-refractivity contribution is 0.0661. The highest BCUT2D eigenvalue weighted by atomic mass is 32.2. The monoisotopic (exact) mass is 378 g/mol. The van der Waals surface area contributed by atoms with Crippen LogP contribution in [0.4, 0.5) is 5.82 Å². The molecule has 0 spiro atoms. The second-order valence-corrected chi connectivity index (χ2v) is 7.03. The summed E-state index contributed by atoms with van der Waals surface area (Å²) in [6.45, 7) is 4.25. The number of carboxylic acids is 1. The fraction of sp³-hybridized carbons (Fsp3) is 0.471. The number of carbonyl (C=O) groups is 1. The van der Waals surface area contributed by atoms with E-state index in [2.05, 4.69) is 26.8 Å². The van der Waals surface area contributed by atoms with E-state index in [0.717, 1.165) is 37.7 Å². The number of rotatable bonds is 7. The summed E-state index contributed by atoms with van der Waals surface area (Å²) in [5.74, 6) is 0.804. The summed E-state index contributed by atoms with van der Waals surface area (Å²) in [6, 6.07) is 5.08. The fourth-order valence-electron chi connectivity index (χ4n) is 2.65. The van der Waals surface area contributed by atoms with Crippen LogP contribution in [0.5, 0.6) is 0 Å². The van der Waals surface area contributed by atoms with Crippen molar-refractivity contribution < 1.29 is 19.1 Å². The van der Waals surface area contributed by atoms with E-state index in [1.807, 2.05) is 6.07 Å². The van der Waals surface area contributed by atoms with Crippen LogP contribution >= 0.6 is 11.8 Å². The summed E-state index contributed by atoms with van der Waals surface area (Å²) in [5.41, 5.74) is 0.824. The van der Waals surface area contributed by atoms with E-state index in [1.54, 1.807) is 13.2 Å². The molecule has 3 rings (SSSR count). The minimum atomic E-state index is -1.07. The average Bonchev–Trinajstić information content (AvgIpc) is 3.10. The summed E-state index contributed by atoms with van der Waals surface area (Å²) in [5, 5.41) is 9.56. The molecule has 1 saturated heterocycles. The maximum absolute atomic E-state index is 10.9. The first-order chi connectivity index (χ1) is 12.5. The molecule has 0 atom stereocenters. The predicted octanol–water partition coefficient (Wildman–Crippen LogP) is 1.96. The van der Waals surface area contributed by atoms with Crippen molar-refractivity contribution in [3.63, 3.8) is 0 Å². The second kappa shape index (κ2) is 8.52. The van der Waals surface area contributed by atoms with Gasteiger partial charge in [0.25, 0.3) is 0 Å². The van der Waals surface area contributed by atoms with E-state index < -0.39 is 5.97 Å². The van der Waals surface area contributed by atoms with E-state index in [-0.39, 0.29) is 5.76 Å². The number of anilines is 1. The summed E-state index contributed by atoms with van der Waals surface area (Å²) < 4.78 is 10.5. The van der Waals surface area contributed by atoms with E-state index in [4.69, 9.17) is 14.3 Å². The number of furan rings is 1. The zero-order chi connectivity index (χ0) is 18.5. The quantitative estimate of drug-likeness (QED) is 0.573. The minimum Gasteiger partial charge on any atom is -0.475 e. The molecule has 0 amide bonds. The van der Waals surface area contributed by atoms with Crippen molar-refractivity contribution in [1.82, 2.24) is 14.9 Å². The molecule has 0 unspecified atom stereocenters. The van der Waals surface area contributed by atoms with Crippen molar-refractivity contribution in [3.05, 3.63) is 35.4 Å². The Bertz CT molecular complexity index is 759. The Morgan fingerprint density at radius 2 is 2.08 bits per heavy atom. The lowest BCUT2D eigenvalue weighted by Crippen LogP contribution is -2.44. The number of hydrogen-bond acceptors (Lipinski definition) is 8. The molecule has 140 valence electrons. The van der Waals surface area contributed by atoms with Gasteiger partial charge in [-0.25, -0.2) is 14.8 Å². The first kappa shape index (κ1) is 18.7. The molecule has 0 radical (unpaired) electrons. The van der Waals surface area contributed by atoms with Crippen molar-refractivity contribution in [2.24, 2.45) is 0 Å². The molecule has 0 aliphatic carbocycles. The third-order valence-electron chi connectivity index (χ3n) is 4.08. The summed E-state index contributed by atoms with van der Waals surface area (Å²) in [7, 11) is 3.75. The summed E-state index contributed by atoms with van der Waals surface area (Å²) in [6.07, 6.45) is 0. The maximum atomic E-state index is 10.9. The standard InChI is InChI=1S/C17H22N4O4S/c1-20-5-7-21(8-6-20)15-9-12(10-24-2)18-17(19-15)26-11-13-3-4-14(25-13)16(22)23/h3-4,9H,5-8,10-11H2,1-2H3,(H,22,23). The zero-order valence-corrected chi connectivity index (χ0v) is 15.7. The van der Waals surface area contributed by atoms with Crippen molar-refractivity contribution in [1.29, 1.82) is 0 Å². The maximum Gasteiger partial charge on any atom is 0.371 e. The number of ether oxygens (including phenoxy) is 1. The molecular weight excluding hydrogens is 356 g/mol. The van der Waals surface area contributed by atoms with Crippen LogP contribution in [0.15, 0.2) is 27.8 Å². The van der Waals surface area contributed by atoms with Crippen LogP contribution < -0.4 is 4.90 Å². The van der Waals surface area contributed by atoms with Crippen molar-refractivity contribution in [3.8, 4) is 0 Å². The van der Waals surface area contributed by atoms with Crippen LogP contribution in [0.3, 0.4) is 0 Å². The number of aromatic carboxylic acids is 1. The smallest absolute Gasteiger partial charge is 0.371 e. The molecule has 1 N–H and O–H groups in total. The van der Waals surface area contributed by atoms with Crippen molar-refractivity contribution >= 4 is 23.5 Å². The topological polar surface area (TPSA) is 91.9 Å². The van der Waals surface area contributed by atoms with Gasteiger partial charge in [0.1, 0.15) is 11.6 Å². The van der Waals surface area contributed by atoms with Crippen LogP contribution in [-0.2, 0) is 17.1 Å². The summed E-state index contributed by atoms with van der Waals surface area (Å²) in [4.78, 5) is 24.6. The van der Waals surface area contributed by atoms with Crippen molar-refractivity contribution in [2.75, 3.05) is 45.2 Å². The number of likely N-dealkylation sites (N-methyl/N-ethyl adjacent to an activating group) is 1. The molecular formula is C17H22N4O4S. The van der Waals surface area contributed by atoms with Crippen LogP contribution in [0, 0.1) is 0 Å².